The third kappa shape index (κ3) is 2.70. The highest BCUT2D eigenvalue weighted by atomic mass is 79.9. The van der Waals surface area contributed by atoms with Crippen LogP contribution in [0.5, 0.6) is 0 Å². The van der Waals surface area contributed by atoms with Crippen LogP contribution in [0.4, 0.5) is 5.69 Å². The van der Waals surface area contributed by atoms with Gasteiger partial charge >= 0.3 is 0 Å². The second-order valence-electron chi connectivity index (χ2n) is 4.82. The van der Waals surface area contributed by atoms with Crippen LogP contribution >= 0.6 is 15.9 Å². The fourth-order valence-corrected chi connectivity index (χ4v) is 2.78. The summed E-state index contributed by atoms with van der Waals surface area (Å²) in [5.41, 5.74) is 4.14. The number of carbonyl (C=O) groups excluding carboxylic acids is 1. The number of hydrogen-bond donors (Lipinski definition) is 2. The van der Waals surface area contributed by atoms with E-state index in [-0.39, 0.29) is 5.91 Å². The van der Waals surface area contributed by atoms with E-state index in [0.29, 0.717) is 12.1 Å². The first-order valence-corrected chi connectivity index (χ1v) is 7.42. The predicted molar refractivity (Wildman–Crippen MR) is 83.9 cm³/mol. The molecule has 0 spiro atoms. The standard InChI is InChI=1S/C16H15BrN2O/c17-14-4-2-1-3-13(14)10-19-16(20)12-6-5-11-7-8-18-15(11)9-12/h1-6,9,18H,7-8,10H2,(H,19,20). The zero-order chi connectivity index (χ0) is 13.9. The topological polar surface area (TPSA) is 41.1 Å². The molecule has 0 aliphatic carbocycles. The average molecular weight is 331 g/mol. The molecule has 1 aliphatic rings. The summed E-state index contributed by atoms with van der Waals surface area (Å²) >= 11 is 3.48. The molecule has 1 heterocycles. The molecule has 4 heteroatoms. The van der Waals surface area contributed by atoms with Crippen LogP contribution < -0.4 is 10.6 Å². The van der Waals surface area contributed by atoms with Crippen molar-refractivity contribution in [3.63, 3.8) is 0 Å². The first-order chi connectivity index (χ1) is 9.74. The van der Waals surface area contributed by atoms with Gasteiger partial charge in [0.2, 0.25) is 0 Å². The van der Waals surface area contributed by atoms with Crippen LogP contribution in [0.2, 0.25) is 0 Å². The van der Waals surface area contributed by atoms with Gasteiger partial charge in [0.15, 0.2) is 0 Å². The SMILES string of the molecule is O=C(NCc1ccccc1Br)c1ccc2c(c1)NCC2. The number of amides is 1. The van der Waals surface area contributed by atoms with E-state index in [1.165, 1.54) is 5.56 Å². The van der Waals surface area contributed by atoms with Gasteiger partial charge in [-0.25, -0.2) is 0 Å². The number of carbonyl (C=O) groups is 1. The van der Waals surface area contributed by atoms with Crippen molar-refractivity contribution in [1.29, 1.82) is 0 Å². The van der Waals surface area contributed by atoms with E-state index in [2.05, 4.69) is 26.6 Å². The van der Waals surface area contributed by atoms with Crippen LogP contribution in [-0.2, 0) is 13.0 Å². The van der Waals surface area contributed by atoms with Crippen molar-refractivity contribution in [3.05, 3.63) is 63.6 Å². The summed E-state index contributed by atoms with van der Waals surface area (Å²) < 4.78 is 1.01. The Morgan fingerprint density at radius 2 is 2.10 bits per heavy atom. The zero-order valence-corrected chi connectivity index (χ0v) is 12.5. The van der Waals surface area contributed by atoms with Gasteiger partial charge in [0.25, 0.3) is 5.91 Å². The number of anilines is 1. The van der Waals surface area contributed by atoms with Gasteiger partial charge in [0.05, 0.1) is 0 Å². The van der Waals surface area contributed by atoms with E-state index in [4.69, 9.17) is 0 Å². The third-order valence-corrected chi connectivity index (χ3v) is 4.25. The maximum Gasteiger partial charge on any atom is 0.251 e. The lowest BCUT2D eigenvalue weighted by atomic mass is 10.1. The molecule has 0 radical (unpaired) electrons. The summed E-state index contributed by atoms with van der Waals surface area (Å²) in [6.45, 7) is 1.47. The molecule has 3 nitrogen and oxygen atoms in total. The molecule has 0 fully saturated rings. The minimum Gasteiger partial charge on any atom is -0.384 e. The van der Waals surface area contributed by atoms with Crippen molar-refractivity contribution in [2.45, 2.75) is 13.0 Å². The van der Waals surface area contributed by atoms with Gasteiger partial charge in [-0.1, -0.05) is 40.2 Å². The van der Waals surface area contributed by atoms with Gasteiger partial charge in [-0.05, 0) is 35.7 Å². The van der Waals surface area contributed by atoms with E-state index >= 15 is 0 Å². The summed E-state index contributed by atoms with van der Waals surface area (Å²) in [7, 11) is 0. The molecule has 2 N–H and O–H groups in total. The first-order valence-electron chi connectivity index (χ1n) is 6.62. The molecule has 20 heavy (non-hydrogen) atoms. The molecular weight excluding hydrogens is 316 g/mol. The molecule has 3 rings (SSSR count). The smallest absolute Gasteiger partial charge is 0.251 e. The van der Waals surface area contributed by atoms with Crippen LogP contribution in [0.25, 0.3) is 0 Å². The van der Waals surface area contributed by atoms with Crippen LogP contribution in [-0.4, -0.2) is 12.5 Å². The summed E-state index contributed by atoms with van der Waals surface area (Å²) in [5.74, 6) is -0.0442. The summed E-state index contributed by atoms with van der Waals surface area (Å²) in [6, 6.07) is 13.7. The fraction of sp³-hybridized carbons (Fsp3) is 0.188. The van der Waals surface area contributed by atoms with Crippen LogP contribution in [0.15, 0.2) is 46.9 Å². The highest BCUT2D eigenvalue weighted by Gasteiger charge is 2.13. The normalized spacial score (nSPS) is 12.7. The Hall–Kier alpha value is -1.81. The Morgan fingerprint density at radius 1 is 1.25 bits per heavy atom. The lowest BCUT2D eigenvalue weighted by molar-refractivity contribution is 0.0951. The monoisotopic (exact) mass is 330 g/mol. The minimum absolute atomic E-state index is 0.0442. The second kappa shape index (κ2) is 5.67. The molecule has 0 saturated heterocycles. The maximum atomic E-state index is 12.2. The number of benzene rings is 2. The van der Waals surface area contributed by atoms with E-state index < -0.39 is 0 Å². The minimum atomic E-state index is -0.0442. The summed E-state index contributed by atoms with van der Waals surface area (Å²) in [5, 5.41) is 6.24. The van der Waals surface area contributed by atoms with Crippen molar-refractivity contribution >= 4 is 27.5 Å². The molecule has 0 bridgehead atoms. The Balaban J connectivity index is 1.69. The largest absolute Gasteiger partial charge is 0.384 e. The molecule has 0 unspecified atom stereocenters. The second-order valence-corrected chi connectivity index (χ2v) is 5.68. The maximum absolute atomic E-state index is 12.2. The zero-order valence-electron chi connectivity index (χ0n) is 10.9. The Morgan fingerprint density at radius 3 is 2.95 bits per heavy atom. The molecular formula is C16H15BrN2O. The van der Waals surface area contributed by atoms with Gasteiger partial charge in [-0.2, -0.15) is 0 Å². The molecule has 2 aromatic carbocycles. The Labute approximate surface area is 126 Å². The van der Waals surface area contributed by atoms with Crippen molar-refractivity contribution in [3.8, 4) is 0 Å². The number of hydrogen-bond acceptors (Lipinski definition) is 2. The fourth-order valence-electron chi connectivity index (χ4n) is 2.35. The average Bonchev–Trinajstić information content (AvgIpc) is 2.93. The van der Waals surface area contributed by atoms with Crippen molar-refractivity contribution in [2.75, 3.05) is 11.9 Å². The Kier molecular flexibility index (Phi) is 3.74. The molecule has 2 aromatic rings. The van der Waals surface area contributed by atoms with E-state index in [1.54, 1.807) is 0 Å². The third-order valence-electron chi connectivity index (χ3n) is 3.48. The number of rotatable bonds is 3. The number of nitrogens with one attached hydrogen (secondary N) is 2. The summed E-state index contributed by atoms with van der Waals surface area (Å²) in [6.07, 6.45) is 1.04. The van der Waals surface area contributed by atoms with Gasteiger partial charge in [-0.15, -0.1) is 0 Å². The van der Waals surface area contributed by atoms with Crippen molar-refractivity contribution in [1.82, 2.24) is 5.32 Å². The van der Waals surface area contributed by atoms with Crippen LogP contribution in [0.3, 0.4) is 0 Å². The lowest BCUT2D eigenvalue weighted by Crippen LogP contribution is -2.23. The van der Waals surface area contributed by atoms with Gasteiger partial charge in [0.1, 0.15) is 0 Å². The van der Waals surface area contributed by atoms with Crippen molar-refractivity contribution in [2.24, 2.45) is 0 Å². The lowest BCUT2D eigenvalue weighted by Gasteiger charge is -2.08. The molecule has 0 atom stereocenters. The van der Waals surface area contributed by atoms with Crippen LogP contribution in [0, 0.1) is 0 Å². The van der Waals surface area contributed by atoms with E-state index in [1.807, 2.05) is 42.5 Å². The molecule has 102 valence electrons. The highest BCUT2D eigenvalue weighted by molar-refractivity contribution is 9.10. The molecule has 0 saturated carbocycles. The number of fused-ring (bicyclic) bond motifs is 1. The predicted octanol–water partition coefficient (Wildman–Crippen LogP) is 3.35. The summed E-state index contributed by atoms with van der Waals surface area (Å²) in [4.78, 5) is 12.2. The van der Waals surface area contributed by atoms with E-state index in [0.717, 1.165) is 28.7 Å². The van der Waals surface area contributed by atoms with Gasteiger partial charge in [-0.3, -0.25) is 4.79 Å². The van der Waals surface area contributed by atoms with Gasteiger partial charge in [0, 0.05) is 28.8 Å². The van der Waals surface area contributed by atoms with E-state index in [9.17, 15) is 4.79 Å². The molecule has 0 aromatic heterocycles. The molecule has 1 amide bonds. The first kappa shape index (κ1) is 13.2. The highest BCUT2D eigenvalue weighted by Crippen LogP contribution is 2.23. The van der Waals surface area contributed by atoms with Gasteiger partial charge < -0.3 is 10.6 Å². The van der Waals surface area contributed by atoms with Crippen molar-refractivity contribution < 1.29 is 4.79 Å². The quantitative estimate of drug-likeness (QED) is 0.906. The Bertz CT molecular complexity index is 655. The molecule has 1 aliphatic heterocycles. The van der Waals surface area contributed by atoms with Crippen LogP contribution in [0.1, 0.15) is 21.5 Å². The number of halogens is 1.